The van der Waals surface area contributed by atoms with E-state index in [0.717, 1.165) is 5.69 Å². The van der Waals surface area contributed by atoms with Crippen molar-refractivity contribution in [3.63, 3.8) is 0 Å². The van der Waals surface area contributed by atoms with Crippen molar-refractivity contribution in [2.24, 2.45) is 0 Å². The van der Waals surface area contributed by atoms with E-state index < -0.39 is 0 Å². The first-order valence-electron chi connectivity index (χ1n) is 6.59. The molecule has 0 aromatic heterocycles. The summed E-state index contributed by atoms with van der Waals surface area (Å²) >= 11 is 12.0. The Balaban J connectivity index is 2.50. The molecule has 1 amide bonds. The summed E-state index contributed by atoms with van der Waals surface area (Å²) in [5.41, 5.74) is 1.36. The van der Waals surface area contributed by atoms with Crippen LogP contribution in [-0.4, -0.2) is 13.0 Å². The second-order valence-corrected chi connectivity index (χ2v) is 5.38. The first kappa shape index (κ1) is 16.4. The number of carbonyl (C=O) groups excluding carboxylic acids is 1. The highest BCUT2D eigenvalue weighted by Crippen LogP contribution is 2.31. The van der Waals surface area contributed by atoms with Crippen LogP contribution >= 0.6 is 23.2 Å². The second-order valence-electron chi connectivity index (χ2n) is 4.57. The lowest BCUT2D eigenvalue weighted by molar-refractivity contribution is -0.113. The van der Waals surface area contributed by atoms with E-state index in [4.69, 9.17) is 27.9 Å². The number of amides is 1. The molecule has 3 nitrogen and oxygen atoms in total. The highest BCUT2D eigenvalue weighted by Gasteiger charge is 2.17. The van der Waals surface area contributed by atoms with Crippen molar-refractivity contribution in [2.75, 3.05) is 12.0 Å². The molecule has 0 bridgehead atoms. The molecule has 0 aliphatic carbocycles. The van der Waals surface area contributed by atoms with Crippen molar-refractivity contribution in [3.8, 4) is 0 Å². The van der Waals surface area contributed by atoms with Crippen LogP contribution in [0.25, 0.3) is 0 Å². The first-order chi connectivity index (χ1) is 10.5. The number of rotatable bonds is 4. The molecule has 0 N–H and O–H groups in total. The number of ether oxygens (including phenoxy) is 1. The molecule has 0 saturated carbocycles. The van der Waals surface area contributed by atoms with Gasteiger partial charge in [0.15, 0.2) is 0 Å². The molecule has 0 atom stereocenters. The van der Waals surface area contributed by atoms with E-state index in [1.54, 1.807) is 30.0 Å². The molecule has 0 aliphatic heterocycles. The minimum Gasteiger partial charge on any atom is -0.501 e. The number of carbonyl (C=O) groups is 1. The van der Waals surface area contributed by atoms with E-state index in [1.165, 1.54) is 13.2 Å². The predicted octanol–water partition coefficient (Wildman–Crippen LogP) is 5.21. The Hall–Kier alpha value is -1.97. The van der Waals surface area contributed by atoms with Gasteiger partial charge in [0.2, 0.25) is 0 Å². The fourth-order valence-corrected chi connectivity index (χ4v) is 2.19. The Labute approximate surface area is 139 Å². The molecule has 0 unspecified atom stereocenters. The molecule has 22 heavy (non-hydrogen) atoms. The number of allylic oxidation sites excluding steroid dienone is 1. The van der Waals surface area contributed by atoms with Crippen LogP contribution in [0.2, 0.25) is 10.0 Å². The molecule has 0 spiro atoms. The lowest BCUT2D eigenvalue weighted by atomic mass is 10.2. The monoisotopic (exact) mass is 335 g/mol. The van der Waals surface area contributed by atoms with Gasteiger partial charge in [-0.05, 0) is 37.3 Å². The maximum atomic E-state index is 12.6. The van der Waals surface area contributed by atoms with Crippen LogP contribution in [0.15, 0.2) is 60.4 Å². The van der Waals surface area contributed by atoms with E-state index in [2.05, 4.69) is 0 Å². The summed E-state index contributed by atoms with van der Waals surface area (Å²) in [7, 11) is 1.52. The predicted molar refractivity (Wildman–Crippen MR) is 90.8 cm³/mol. The van der Waals surface area contributed by atoms with Gasteiger partial charge in [-0.1, -0.05) is 41.4 Å². The van der Waals surface area contributed by atoms with Crippen molar-refractivity contribution < 1.29 is 9.53 Å². The second kappa shape index (κ2) is 7.34. The van der Waals surface area contributed by atoms with Gasteiger partial charge in [-0.15, -0.1) is 0 Å². The third-order valence-electron chi connectivity index (χ3n) is 3.04. The van der Waals surface area contributed by atoms with E-state index in [9.17, 15) is 4.79 Å². The van der Waals surface area contributed by atoms with Gasteiger partial charge in [0.05, 0.1) is 28.6 Å². The summed E-state index contributed by atoms with van der Waals surface area (Å²) < 4.78 is 5.05. The molecule has 0 heterocycles. The van der Waals surface area contributed by atoms with Gasteiger partial charge >= 0.3 is 0 Å². The van der Waals surface area contributed by atoms with Crippen LogP contribution in [-0.2, 0) is 9.53 Å². The lowest BCUT2D eigenvalue weighted by Crippen LogP contribution is -2.24. The van der Waals surface area contributed by atoms with Crippen molar-refractivity contribution >= 4 is 40.5 Å². The van der Waals surface area contributed by atoms with Crippen LogP contribution in [0.5, 0.6) is 0 Å². The molecule has 5 heteroatoms. The number of benzene rings is 2. The minimum atomic E-state index is -0.232. The standard InChI is InChI=1S/C17H15Cl2NO2/c1-12(22-2)10-17(21)20(13-6-4-3-5-7-13)14-8-9-15(18)16(19)11-14/h3-11H,1-2H3/b12-10-. The Morgan fingerprint density at radius 3 is 2.32 bits per heavy atom. The van der Waals surface area contributed by atoms with E-state index in [0.29, 0.717) is 21.5 Å². The molecule has 0 saturated heterocycles. The molecular formula is C17H15Cl2NO2. The molecule has 2 aromatic rings. The Morgan fingerprint density at radius 1 is 1.05 bits per heavy atom. The van der Waals surface area contributed by atoms with Crippen LogP contribution in [0.3, 0.4) is 0 Å². The Kier molecular flexibility index (Phi) is 5.47. The van der Waals surface area contributed by atoms with Gasteiger partial charge in [0, 0.05) is 11.8 Å². The van der Waals surface area contributed by atoms with Crippen LogP contribution in [0.1, 0.15) is 6.92 Å². The number of hydrogen-bond acceptors (Lipinski definition) is 2. The molecular weight excluding hydrogens is 321 g/mol. The number of para-hydroxylation sites is 1. The van der Waals surface area contributed by atoms with Crippen LogP contribution in [0.4, 0.5) is 11.4 Å². The van der Waals surface area contributed by atoms with Crippen LogP contribution in [0, 0.1) is 0 Å². The average molecular weight is 336 g/mol. The van der Waals surface area contributed by atoms with Gasteiger partial charge in [-0.2, -0.15) is 0 Å². The van der Waals surface area contributed by atoms with Gasteiger partial charge in [0.1, 0.15) is 0 Å². The Bertz CT molecular complexity index is 699. The highest BCUT2D eigenvalue weighted by atomic mass is 35.5. The van der Waals surface area contributed by atoms with Crippen molar-refractivity contribution in [2.45, 2.75) is 6.92 Å². The number of hydrogen-bond donors (Lipinski definition) is 0. The van der Waals surface area contributed by atoms with Gasteiger partial charge in [-0.25, -0.2) is 0 Å². The minimum absolute atomic E-state index is 0.232. The lowest BCUT2D eigenvalue weighted by Gasteiger charge is -2.22. The van der Waals surface area contributed by atoms with E-state index in [1.807, 2.05) is 30.3 Å². The fraction of sp³-hybridized carbons (Fsp3) is 0.118. The van der Waals surface area contributed by atoms with Crippen molar-refractivity contribution in [3.05, 3.63) is 70.4 Å². The van der Waals surface area contributed by atoms with Crippen molar-refractivity contribution in [1.82, 2.24) is 0 Å². The summed E-state index contributed by atoms with van der Waals surface area (Å²) in [5.74, 6) is 0.287. The molecule has 2 rings (SSSR count). The fourth-order valence-electron chi connectivity index (χ4n) is 1.90. The van der Waals surface area contributed by atoms with Crippen molar-refractivity contribution in [1.29, 1.82) is 0 Å². The van der Waals surface area contributed by atoms with E-state index >= 15 is 0 Å². The summed E-state index contributed by atoms with van der Waals surface area (Å²) in [5, 5.41) is 0.829. The molecule has 0 aliphatic rings. The summed E-state index contributed by atoms with van der Waals surface area (Å²) in [4.78, 5) is 14.1. The maximum absolute atomic E-state index is 12.6. The SMILES string of the molecule is CO/C(C)=C\C(=O)N(c1ccccc1)c1ccc(Cl)c(Cl)c1. The smallest absolute Gasteiger partial charge is 0.258 e. The first-order valence-corrected chi connectivity index (χ1v) is 7.35. The summed E-state index contributed by atoms with van der Waals surface area (Å²) in [6, 6.07) is 14.4. The summed E-state index contributed by atoms with van der Waals surface area (Å²) in [6.07, 6.45) is 1.43. The highest BCUT2D eigenvalue weighted by molar-refractivity contribution is 6.42. The largest absolute Gasteiger partial charge is 0.501 e. The average Bonchev–Trinajstić information content (AvgIpc) is 2.52. The molecule has 0 fully saturated rings. The third kappa shape index (κ3) is 3.81. The zero-order valence-electron chi connectivity index (χ0n) is 12.2. The number of anilines is 2. The number of nitrogens with zero attached hydrogens (tertiary/aromatic N) is 1. The van der Waals surface area contributed by atoms with Gasteiger partial charge in [0.25, 0.3) is 5.91 Å². The molecule has 2 aromatic carbocycles. The quantitative estimate of drug-likeness (QED) is 0.567. The third-order valence-corrected chi connectivity index (χ3v) is 3.78. The van der Waals surface area contributed by atoms with Gasteiger partial charge in [-0.3, -0.25) is 9.69 Å². The number of halogens is 2. The normalized spacial score (nSPS) is 11.2. The number of methoxy groups -OCH3 is 1. The summed E-state index contributed by atoms with van der Waals surface area (Å²) in [6.45, 7) is 1.72. The zero-order valence-corrected chi connectivity index (χ0v) is 13.7. The Morgan fingerprint density at radius 2 is 1.73 bits per heavy atom. The zero-order chi connectivity index (χ0) is 16.1. The molecule has 0 radical (unpaired) electrons. The topological polar surface area (TPSA) is 29.5 Å². The molecule has 114 valence electrons. The van der Waals surface area contributed by atoms with Crippen LogP contribution < -0.4 is 4.90 Å². The van der Waals surface area contributed by atoms with E-state index in [-0.39, 0.29) is 5.91 Å². The van der Waals surface area contributed by atoms with Gasteiger partial charge < -0.3 is 4.74 Å². The maximum Gasteiger partial charge on any atom is 0.258 e.